The lowest BCUT2D eigenvalue weighted by atomic mass is 10.1. The molecule has 2 atom stereocenters. The topological polar surface area (TPSA) is 39.1 Å². The number of nitrogens with one attached hydrogen (secondary N) is 1. The number of hydrogen-bond donors (Lipinski definition) is 1. The first-order valence-electron chi connectivity index (χ1n) is 7.26. The van der Waals surface area contributed by atoms with Crippen LogP contribution in [0.2, 0.25) is 0 Å². The Morgan fingerprint density at radius 3 is 3.10 bits per heavy atom. The third-order valence-corrected chi connectivity index (χ3v) is 3.76. The number of hydrogen-bond acceptors (Lipinski definition) is 3. The van der Waals surface area contributed by atoms with Crippen molar-refractivity contribution in [3.05, 3.63) is 48.3 Å². The maximum atomic E-state index is 5.93. The SMILES string of the molecule is CC(CCn1cccn1)NCC1Cc2ccccc2O1. The van der Waals surface area contributed by atoms with Crippen molar-refractivity contribution in [1.82, 2.24) is 15.1 Å². The van der Waals surface area contributed by atoms with Gasteiger partial charge >= 0.3 is 0 Å². The van der Waals surface area contributed by atoms with Gasteiger partial charge in [0.1, 0.15) is 11.9 Å². The summed E-state index contributed by atoms with van der Waals surface area (Å²) in [6.45, 7) is 4.06. The molecule has 0 fully saturated rings. The van der Waals surface area contributed by atoms with Gasteiger partial charge in [-0.15, -0.1) is 0 Å². The van der Waals surface area contributed by atoms with Gasteiger partial charge in [-0.25, -0.2) is 0 Å². The van der Waals surface area contributed by atoms with Crippen LogP contribution >= 0.6 is 0 Å². The summed E-state index contributed by atoms with van der Waals surface area (Å²) in [4.78, 5) is 0. The van der Waals surface area contributed by atoms with Crippen LogP contribution in [-0.2, 0) is 13.0 Å². The summed E-state index contributed by atoms with van der Waals surface area (Å²) in [5, 5.41) is 7.77. The normalized spacial score (nSPS) is 18.6. The van der Waals surface area contributed by atoms with Crippen molar-refractivity contribution in [3.63, 3.8) is 0 Å². The number of aromatic nitrogens is 2. The molecule has 0 amide bonds. The molecule has 4 heteroatoms. The molecule has 1 N–H and O–H groups in total. The molecular weight excluding hydrogens is 250 g/mol. The molecule has 3 rings (SSSR count). The summed E-state index contributed by atoms with van der Waals surface area (Å²) < 4.78 is 7.90. The number of aryl methyl sites for hydroxylation is 1. The van der Waals surface area contributed by atoms with Gasteiger partial charge in [-0.2, -0.15) is 5.10 Å². The second-order valence-electron chi connectivity index (χ2n) is 5.42. The molecule has 4 nitrogen and oxygen atoms in total. The Labute approximate surface area is 119 Å². The lowest BCUT2D eigenvalue weighted by Gasteiger charge is -2.17. The van der Waals surface area contributed by atoms with E-state index in [9.17, 15) is 0 Å². The first-order chi connectivity index (χ1) is 9.81. The Hall–Kier alpha value is -1.81. The van der Waals surface area contributed by atoms with Crippen molar-refractivity contribution in [1.29, 1.82) is 0 Å². The third kappa shape index (κ3) is 3.20. The van der Waals surface area contributed by atoms with Gasteiger partial charge in [0.25, 0.3) is 0 Å². The van der Waals surface area contributed by atoms with Gasteiger partial charge in [0.15, 0.2) is 0 Å². The van der Waals surface area contributed by atoms with E-state index in [0.29, 0.717) is 6.04 Å². The number of para-hydroxylation sites is 1. The van der Waals surface area contributed by atoms with Crippen LogP contribution in [0.3, 0.4) is 0 Å². The van der Waals surface area contributed by atoms with Gasteiger partial charge < -0.3 is 10.1 Å². The molecular formula is C16H21N3O. The quantitative estimate of drug-likeness (QED) is 0.876. The highest BCUT2D eigenvalue weighted by Gasteiger charge is 2.22. The summed E-state index contributed by atoms with van der Waals surface area (Å²) in [6, 6.07) is 10.7. The fourth-order valence-electron chi connectivity index (χ4n) is 2.56. The Balaban J connectivity index is 1.40. The molecule has 1 aromatic carbocycles. The molecule has 2 aromatic rings. The van der Waals surface area contributed by atoms with Crippen LogP contribution in [0.15, 0.2) is 42.7 Å². The number of rotatable bonds is 6. The van der Waals surface area contributed by atoms with E-state index in [1.54, 1.807) is 0 Å². The van der Waals surface area contributed by atoms with E-state index >= 15 is 0 Å². The highest BCUT2D eigenvalue weighted by molar-refractivity contribution is 5.37. The lowest BCUT2D eigenvalue weighted by molar-refractivity contribution is 0.220. The smallest absolute Gasteiger partial charge is 0.123 e. The monoisotopic (exact) mass is 271 g/mol. The van der Waals surface area contributed by atoms with Crippen LogP contribution < -0.4 is 10.1 Å². The molecule has 1 aliphatic heterocycles. The standard InChI is InChI=1S/C16H21N3O/c1-13(7-10-19-9-4-8-18-19)17-12-15-11-14-5-2-3-6-16(14)20-15/h2-6,8-9,13,15,17H,7,10-12H2,1H3. The maximum Gasteiger partial charge on any atom is 0.123 e. The Bertz CT molecular complexity index is 513. The van der Waals surface area contributed by atoms with Crippen molar-refractivity contribution in [2.45, 2.75) is 38.5 Å². The van der Waals surface area contributed by atoms with E-state index in [2.05, 4.69) is 35.5 Å². The maximum absolute atomic E-state index is 5.93. The second-order valence-corrected chi connectivity index (χ2v) is 5.42. The van der Waals surface area contributed by atoms with E-state index in [1.165, 1.54) is 5.56 Å². The molecule has 0 aliphatic carbocycles. The fourth-order valence-corrected chi connectivity index (χ4v) is 2.56. The van der Waals surface area contributed by atoms with Crippen LogP contribution in [0.1, 0.15) is 18.9 Å². The molecule has 0 radical (unpaired) electrons. The van der Waals surface area contributed by atoms with Gasteiger partial charge in [0.2, 0.25) is 0 Å². The molecule has 1 aromatic heterocycles. The molecule has 106 valence electrons. The molecule has 20 heavy (non-hydrogen) atoms. The van der Waals surface area contributed by atoms with Crippen molar-refractivity contribution in [2.24, 2.45) is 0 Å². The Morgan fingerprint density at radius 2 is 2.30 bits per heavy atom. The second kappa shape index (κ2) is 6.09. The summed E-state index contributed by atoms with van der Waals surface area (Å²) in [7, 11) is 0. The Morgan fingerprint density at radius 1 is 1.40 bits per heavy atom. The fraction of sp³-hybridized carbons (Fsp3) is 0.438. The van der Waals surface area contributed by atoms with Crippen LogP contribution in [0.25, 0.3) is 0 Å². The van der Waals surface area contributed by atoms with E-state index in [4.69, 9.17) is 4.74 Å². The molecule has 0 bridgehead atoms. The van der Waals surface area contributed by atoms with Gasteiger partial charge in [-0.1, -0.05) is 18.2 Å². The zero-order chi connectivity index (χ0) is 13.8. The average Bonchev–Trinajstić information content (AvgIpc) is 3.11. The zero-order valence-corrected chi connectivity index (χ0v) is 11.8. The van der Waals surface area contributed by atoms with Gasteiger partial charge in [-0.3, -0.25) is 4.68 Å². The highest BCUT2D eigenvalue weighted by atomic mass is 16.5. The summed E-state index contributed by atoms with van der Waals surface area (Å²) in [5.74, 6) is 1.04. The van der Waals surface area contributed by atoms with Crippen LogP contribution in [0.5, 0.6) is 5.75 Å². The third-order valence-electron chi connectivity index (χ3n) is 3.76. The minimum atomic E-state index is 0.263. The van der Waals surface area contributed by atoms with Crippen LogP contribution in [0.4, 0.5) is 0 Å². The summed E-state index contributed by atoms with van der Waals surface area (Å²) in [6.07, 6.45) is 6.17. The first-order valence-corrected chi connectivity index (χ1v) is 7.26. The predicted molar refractivity (Wildman–Crippen MR) is 78.9 cm³/mol. The molecule has 2 heterocycles. The number of nitrogens with zero attached hydrogens (tertiary/aromatic N) is 2. The average molecular weight is 271 g/mol. The highest BCUT2D eigenvalue weighted by Crippen LogP contribution is 2.27. The van der Waals surface area contributed by atoms with E-state index in [1.807, 2.05) is 29.2 Å². The van der Waals surface area contributed by atoms with Crippen molar-refractivity contribution < 1.29 is 4.74 Å². The summed E-state index contributed by atoms with van der Waals surface area (Å²) >= 11 is 0. The van der Waals surface area contributed by atoms with Crippen LogP contribution in [0, 0.1) is 0 Å². The molecule has 0 saturated heterocycles. The molecule has 2 unspecified atom stereocenters. The van der Waals surface area contributed by atoms with Crippen molar-refractivity contribution in [2.75, 3.05) is 6.54 Å². The zero-order valence-electron chi connectivity index (χ0n) is 11.8. The van der Waals surface area contributed by atoms with E-state index in [-0.39, 0.29) is 6.10 Å². The number of ether oxygens (including phenoxy) is 1. The van der Waals surface area contributed by atoms with Crippen molar-refractivity contribution in [3.8, 4) is 5.75 Å². The number of fused-ring (bicyclic) bond motifs is 1. The van der Waals surface area contributed by atoms with E-state index < -0.39 is 0 Å². The summed E-state index contributed by atoms with van der Waals surface area (Å²) in [5.41, 5.74) is 1.32. The first kappa shape index (κ1) is 13.2. The lowest BCUT2D eigenvalue weighted by Crippen LogP contribution is -2.36. The molecule has 1 aliphatic rings. The van der Waals surface area contributed by atoms with Gasteiger partial charge in [0, 0.05) is 37.9 Å². The minimum Gasteiger partial charge on any atom is -0.488 e. The van der Waals surface area contributed by atoms with Gasteiger partial charge in [0.05, 0.1) is 0 Å². The van der Waals surface area contributed by atoms with Crippen LogP contribution in [-0.4, -0.2) is 28.5 Å². The molecule has 0 saturated carbocycles. The van der Waals surface area contributed by atoms with E-state index in [0.717, 1.165) is 31.7 Å². The largest absolute Gasteiger partial charge is 0.488 e. The minimum absolute atomic E-state index is 0.263. The van der Waals surface area contributed by atoms with Gasteiger partial charge in [-0.05, 0) is 31.0 Å². The number of benzene rings is 1. The molecule has 0 spiro atoms. The predicted octanol–water partition coefficient (Wildman–Crippen LogP) is 2.25. The van der Waals surface area contributed by atoms with Crippen molar-refractivity contribution >= 4 is 0 Å². The Kier molecular flexibility index (Phi) is 4.02.